The van der Waals surface area contributed by atoms with E-state index in [4.69, 9.17) is 0 Å². The topological polar surface area (TPSA) is 50.9 Å². The number of aryl methyl sites for hydroxylation is 2. The van der Waals surface area contributed by atoms with E-state index in [1.165, 1.54) is 4.68 Å². The molecule has 0 aromatic carbocycles. The fourth-order valence-corrected chi connectivity index (χ4v) is 1.44. The number of nitrogens with zero attached hydrogens (tertiary/aromatic N) is 3. The maximum atomic E-state index is 9.61. The van der Waals surface area contributed by atoms with Crippen LogP contribution < -0.4 is 0 Å². The molecule has 0 bridgehead atoms. The normalized spacial score (nSPS) is 9.88. The largest absolute Gasteiger partial charge is 0.493 e. The third kappa shape index (κ3) is 2.47. The molecule has 0 saturated heterocycles. The zero-order valence-corrected chi connectivity index (χ0v) is 10.8. The Morgan fingerprint density at radius 1 is 1.38 bits per heavy atom. The van der Waals surface area contributed by atoms with E-state index >= 15 is 0 Å². The minimum absolute atomic E-state index is 0. The molecule has 0 saturated carbocycles. The van der Waals surface area contributed by atoms with Crippen molar-refractivity contribution in [3.63, 3.8) is 0 Å². The minimum atomic E-state index is 0. The first-order chi connectivity index (χ1) is 7.20. The van der Waals surface area contributed by atoms with E-state index in [0.29, 0.717) is 5.82 Å². The number of pyridine rings is 1. The van der Waals surface area contributed by atoms with Gasteiger partial charge in [-0.2, -0.15) is 9.78 Å². The third-order valence-corrected chi connectivity index (χ3v) is 2.18. The third-order valence-electron chi connectivity index (χ3n) is 2.18. The SMILES string of the molecule is CCc1cccc(-n2nc(C)cc2O)n1.[Rh]. The van der Waals surface area contributed by atoms with Gasteiger partial charge >= 0.3 is 0 Å². The van der Waals surface area contributed by atoms with Crippen molar-refractivity contribution in [2.45, 2.75) is 20.3 Å². The molecule has 0 aliphatic heterocycles. The van der Waals surface area contributed by atoms with Gasteiger partial charge in [-0.3, -0.25) is 0 Å². The van der Waals surface area contributed by atoms with E-state index < -0.39 is 0 Å². The smallest absolute Gasteiger partial charge is 0.215 e. The average Bonchev–Trinajstić information content (AvgIpc) is 2.58. The van der Waals surface area contributed by atoms with E-state index in [0.717, 1.165) is 17.8 Å². The molecule has 0 aliphatic rings. The molecule has 0 spiro atoms. The first-order valence-corrected chi connectivity index (χ1v) is 4.92. The molecule has 2 rings (SSSR count). The number of hydrogen-bond donors (Lipinski definition) is 1. The van der Waals surface area contributed by atoms with Gasteiger partial charge in [-0.15, -0.1) is 0 Å². The number of hydrogen-bond acceptors (Lipinski definition) is 3. The summed E-state index contributed by atoms with van der Waals surface area (Å²) >= 11 is 0. The molecule has 0 fully saturated rings. The van der Waals surface area contributed by atoms with Crippen LogP contribution in [-0.4, -0.2) is 19.9 Å². The van der Waals surface area contributed by atoms with Gasteiger partial charge < -0.3 is 5.11 Å². The molecule has 1 N–H and O–H groups in total. The van der Waals surface area contributed by atoms with Crippen LogP contribution in [0, 0.1) is 6.92 Å². The molecular weight excluding hydrogens is 293 g/mol. The second-order valence-electron chi connectivity index (χ2n) is 3.40. The Kier molecular flexibility index (Phi) is 4.19. The summed E-state index contributed by atoms with van der Waals surface area (Å²) in [6.07, 6.45) is 0.870. The van der Waals surface area contributed by atoms with Crippen molar-refractivity contribution in [2.75, 3.05) is 0 Å². The Bertz CT molecular complexity index is 482. The summed E-state index contributed by atoms with van der Waals surface area (Å²) in [5.74, 6) is 0.771. The molecule has 5 heteroatoms. The van der Waals surface area contributed by atoms with E-state index in [1.807, 2.05) is 32.0 Å². The van der Waals surface area contributed by atoms with Crippen molar-refractivity contribution in [1.29, 1.82) is 0 Å². The summed E-state index contributed by atoms with van der Waals surface area (Å²) in [5.41, 5.74) is 1.76. The molecule has 0 amide bonds. The van der Waals surface area contributed by atoms with Crippen molar-refractivity contribution in [3.8, 4) is 11.7 Å². The molecule has 16 heavy (non-hydrogen) atoms. The monoisotopic (exact) mass is 306 g/mol. The standard InChI is InChI=1S/C11H13N3O.Rh/c1-3-9-5-4-6-10(12-9)14-11(15)7-8(2)13-14;/h4-7,15H,3H2,1-2H3;. The van der Waals surface area contributed by atoms with Gasteiger partial charge in [0.25, 0.3) is 0 Å². The second kappa shape index (κ2) is 5.21. The fourth-order valence-electron chi connectivity index (χ4n) is 1.44. The quantitative estimate of drug-likeness (QED) is 0.861. The molecule has 2 aromatic rings. The Hall–Kier alpha value is -1.22. The van der Waals surface area contributed by atoms with E-state index in [9.17, 15) is 5.11 Å². The van der Waals surface area contributed by atoms with Crippen LogP contribution in [0.1, 0.15) is 18.3 Å². The number of aromatic hydroxyl groups is 1. The maximum absolute atomic E-state index is 9.61. The van der Waals surface area contributed by atoms with E-state index in [2.05, 4.69) is 10.1 Å². The molecule has 0 aliphatic carbocycles. The van der Waals surface area contributed by atoms with Crippen molar-refractivity contribution in [3.05, 3.63) is 35.7 Å². The predicted molar refractivity (Wildman–Crippen MR) is 57.1 cm³/mol. The minimum Gasteiger partial charge on any atom is -0.493 e. The van der Waals surface area contributed by atoms with Gasteiger partial charge in [0, 0.05) is 31.2 Å². The van der Waals surface area contributed by atoms with Crippen LogP contribution in [0.2, 0.25) is 0 Å². The van der Waals surface area contributed by atoms with Crippen molar-refractivity contribution >= 4 is 0 Å². The van der Waals surface area contributed by atoms with Crippen LogP contribution in [0.5, 0.6) is 5.88 Å². The Balaban J connectivity index is 0.00000128. The first kappa shape index (κ1) is 12.9. The van der Waals surface area contributed by atoms with Gasteiger partial charge in [0.1, 0.15) is 0 Å². The number of rotatable bonds is 2. The van der Waals surface area contributed by atoms with Gasteiger partial charge in [0.05, 0.1) is 5.69 Å². The van der Waals surface area contributed by atoms with Gasteiger partial charge in [-0.05, 0) is 25.5 Å². The second-order valence-corrected chi connectivity index (χ2v) is 3.40. The molecule has 87 valence electrons. The Morgan fingerprint density at radius 3 is 2.69 bits per heavy atom. The van der Waals surface area contributed by atoms with Gasteiger partial charge in [0.15, 0.2) is 5.82 Å². The van der Waals surface area contributed by atoms with Gasteiger partial charge in [0.2, 0.25) is 5.88 Å². The van der Waals surface area contributed by atoms with Crippen molar-refractivity contribution in [1.82, 2.24) is 14.8 Å². The first-order valence-electron chi connectivity index (χ1n) is 4.92. The molecular formula is C11H13N3ORh. The summed E-state index contributed by atoms with van der Waals surface area (Å²) in [6.45, 7) is 3.88. The molecule has 2 aromatic heterocycles. The molecule has 0 unspecified atom stereocenters. The Labute approximate surface area is 107 Å². The summed E-state index contributed by atoms with van der Waals surface area (Å²) < 4.78 is 1.44. The van der Waals surface area contributed by atoms with Gasteiger partial charge in [-0.25, -0.2) is 4.98 Å². The zero-order chi connectivity index (χ0) is 10.8. The van der Waals surface area contributed by atoms with Crippen LogP contribution in [0.15, 0.2) is 24.3 Å². The average molecular weight is 306 g/mol. The Morgan fingerprint density at radius 2 is 2.12 bits per heavy atom. The fraction of sp³-hybridized carbons (Fsp3) is 0.273. The van der Waals surface area contributed by atoms with Crippen LogP contribution in [0.4, 0.5) is 0 Å². The molecule has 1 radical (unpaired) electrons. The van der Waals surface area contributed by atoms with E-state index in [1.54, 1.807) is 6.07 Å². The zero-order valence-electron chi connectivity index (χ0n) is 9.14. The summed E-state index contributed by atoms with van der Waals surface area (Å²) in [5, 5.41) is 13.8. The van der Waals surface area contributed by atoms with E-state index in [-0.39, 0.29) is 25.4 Å². The summed E-state index contributed by atoms with van der Waals surface area (Å²) in [6, 6.07) is 7.31. The predicted octanol–water partition coefficient (Wildman–Crippen LogP) is 1.84. The summed E-state index contributed by atoms with van der Waals surface area (Å²) in [7, 11) is 0. The summed E-state index contributed by atoms with van der Waals surface area (Å²) in [4.78, 5) is 4.38. The number of aromatic nitrogens is 3. The van der Waals surface area contributed by atoms with Crippen LogP contribution in [0.3, 0.4) is 0 Å². The van der Waals surface area contributed by atoms with Crippen LogP contribution in [0.25, 0.3) is 5.82 Å². The van der Waals surface area contributed by atoms with Crippen molar-refractivity contribution in [2.24, 2.45) is 0 Å². The molecule has 2 heterocycles. The van der Waals surface area contributed by atoms with Crippen LogP contribution >= 0.6 is 0 Å². The van der Waals surface area contributed by atoms with Crippen LogP contribution in [-0.2, 0) is 25.9 Å². The molecule has 0 atom stereocenters. The molecule has 4 nitrogen and oxygen atoms in total. The maximum Gasteiger partial charge on any atom is 0.215 e. The van der Waals surface area contributed by atoms with Crippen molar-refractivity contribution < 1.29 is 24.6 Å². The van der Waals surface area contributed by atoms with Gasteiger partial charge in [-0.1, -0.05) is 13.0 Å².